The SMILES string of the molecule is O=C(O)c1ccc(NN=Cc2ccc(OCc3cccc4ccccc34)cc2)cc1. The van der Waals surface area contributed by atoms with Crippen LogP contribution in [0, 0.1) is 0 Å². The van der Waals surface area contributed by atoms with Gasteiger partial charge < -0.3 is 9.84 Å². The summed E-state index contributed by atoms with van der Waals surface area (Å²) in [5.74, 6) is -0.162. The molecule has 0 heterocycles. The standard InChI is InChI=1S/C25H20N2O3/c28-25(29)20-10-12-22(13-11-20)27-26-16-18-8-14-23(15-9-18)30-17-21-6-3-5-19-4-1-2-7-24(19)21/h1-16,27H,17H2,(H,28,29). The molecule has 0 aliphatic heterocycles. The van der Waals surface area contributed by atoms with Crippen LogP contribution in [0.4, 0.5) is 5.69 Å². The third-order valence-electron chi connectivity index (χ3n) is 4.69. The van der Waals surface area contributed by atoms with E-state index in [2.05, 4.69) is 34.8 Å². The second kappa shape index (κ2) is 8.92. The van der Waals surface area contributed by atoms with E-state index in [1.54, 1.807) is 18.3 Å². The molecule has 0 aliphatic rings. The third-order valence-corrected chi connectivity index (χ3v) is 4.69. The molecular formula is C25H20N2O3. The highest BCUT2D eigenvalue weighted by atomic mass is 16.5. The number of fused-ring (bicyclic) bond motifs is 1. The second-order valence-corrected chi connectivity index (χ2v) is 6.75. The molecule has 30 heavy (non-hydrogen) atoms. The maximum atomic E-state index is 10.9. The van der Waals surface area contributed by atoms with Crippen LogP contribution in [-0.2, 0) is 6.61 Å². The van der Waals surface area contributed by atoms with Gasteiger partial charge in [0.25, 0.3) is 0 Å². The average Bonchev–Trinajstić information content (AvgIpc) is 2.79. The van der Waals surface area contributed by atoms with Crippen molar-refractivity contribution in [2.75, 3.05) is 5.43 Å². The smallest absolute Gasteiger partial charge is 0.335 e. The Bertz CT molecular complexity index is 1180. The zero-order valence-electron chi connectivity index (χ0n) is 16.2. The van der Waals surface area contributed by atoms with Gasteiger partial charge in [-0.05, 0) is 70.4 Å². The van der Waals surface area contributed by atoms with Gasteiger partial charge >= 0.3 is 5.97 Å². The Morgan fingerprint density at radius 1 is 0.900 bits per heavy atom. The summed E-state index contributed by atoms with van der Waals surface area (Å²) in [6.45, 7) is 0.503. The minimum absolute atomic E-state index is 0.239. The zero-order chi connectivity index (χ0) is 20.8. The van der Waals surface area contributed by atoms with E-state index >= 15 is 0 Å². The number of benzene rings is 4. The Morgan fingerprint density at radius 2 is 1.63 bits per heavy atom. The molecule has 0 aromatic heterocycles. The molecule has 148 valence electrons. The number of carbonyl (C=O) groups is 1. The summed E-state index contributed by atoms with van der Waals surface area (Å²) >= 11 is 0. The second-order valence-electron chi connectivity index (χ2n) is 6.75. The van der Waals surface area contributed by atoms with E-state index in [0.29, 0.717) is 12.3 Å². The van der Waals surface area contributed by atoms with E-state index in [1.165, 1.54) is 22.9 Å². The van der Waals surface area contributed by atoms with Crippen LogP contribution in [0.15, 0.2) is 96.1 Å². The van der Waals surface area contributed by atoms with Crippen LogP contribution in [-0.4, -0.2) is 17.3 Å². The van der Waals surface area contributed by atoms with Crippen molar-refractivity contribution < 1.29 is 14.6 Å². The lowest BCUT2D eigenvalue weighted by Gasteiger charge is -2.09. The van der Waals surface area contributed by atoms with E-state index in [1.807, 2.05) is 42.5 Å². The van der Waals surface area contributed by atoms with Crippen LogP contribution in [0.3, 0.4) is 0 Å². The summed E-state index contributed by atoms with van der Waals surface area (Å²) in [7, 11) is 0. The summed E-state index contributed by atoms with van der Waals surface area (Å²) in [5, 5.41) is 15.5. The van der Waals surface area contributed by atoms with Gasteiger partial charge in [0, 0.05) is 0 Å². The van der Waals surface area contributed by atoms with Gasteiger partial charge in [0.1, 0.15) is 12.4 Å². The molecule has 0 spiro atoms. The molecule has 0 aliphatic carbocycles. The normalized spacial score (nSPS) is 10.9. The van der Waals surface area contributed by atoms with Gasteiger partial charge in [0.05, 0.1) is 17.5 Å². The van der Waals surface area contributed by atoms with Crippen molar-refractivity contribution in [3.63, 3.8) is 0 Å². The topological polar surface area (TPSA) is 70.9 Å². The van der Waals surface area contributed by atoms with Crippen LogP contribution >= 0.6 is 0 Å². The zero-order valence-corrected chi connectivity index (χ0v) is 16.2. The predicted octanol–water partition coefficient (Wildman–Crippen LogP) is 5.56. The van der Waals surface area contributed by atoms with Gasteiger partial charge in [0.15, 0.2) is 0 Å². The molecule has 5 heteroatoms. The van der Waals surface area contributed by atoms with E-state index in [9.17, 15) is 4.79 Å². The number of nitrogens with zero attached hydrogens (tertiary/aromatic N) is 1. The first kappa shape index (κ1) is 19.2. The number of hydrazone groups is 1. The van der Waals surface area contributed by atoms with Crippen molar-refractivity contribution in [2.24, 2.45) is 5.10 Å². The lowest BCUT2D eigenvalue weighted by Crippen LogP contribution is -1.97. The van der Waals surface area contributed by atoms with E-state index in [0.717, 1.165) is 16.9 Å². The Hall–Kier alpha value is -4.12. The maximum Gasteiger partial charge on any atom is 0.335 e. The van der Waals surface area contributed by atoms with Crippen molar-refractivity contribution in [1.82, 2.24) is 0 Å². The van der Waals surface area contributed by atoms with Crippen molar-refractivity contribution in [1.29, 1.82) is 0 Å². The molecule has 0 saturated carbocycles. The Labute approximate surface area is 174 Å². The highest BCUT2D eigenvalue weighted by Crippen LogP contribution is 2.21. The first-order valence-electron chi connectivity index (χ1n) is 9.51. The number of carboxylic acids is 1. The molecule has 0 bridgehead atoms. The van der Waals surface area contributed by atoms with Gasteiger partial charge in [-0.25, -0.2) is 4.79 Å². The molecule has 0 radical (unpaired) electrons. The number of ether oxygens (including phenoxy) is 1. The van der Waals surface area contributed by atoms with Gasteiger partial charge in [0.2, 0.25) is 0 Å². The van der Waals surface area contributed by atoms with Crippen LogP contribution in [0.2, 0.25) is 0 Å². The third kappa shape index (κ3) is 4.64. The number of aromatic carboxylic acids is 1. The summed E-state index contributed by atoms with van der Waals surface area (Å²) in [6.07, 6.45) is 1.69. The van der Waals surface area contributed by atoms with Crippen LogP contribution in [0.25, 0.3) is 10.8 Å². The molecule has 0 fully saturated rings. The minimum atomic E-state index is -0.951. The lowest BCUT2D eigenvalue weighted by molar-refractivity contribution is 0.0697. The van der Waals surface area contributed by atoms with Gasteiger partial charge in [-0.15, -0.1) is 0 Å². The van der Waals surface area contributed by atoms with Crippen molar-refractivity contribution >= 4 is 28.6 Å². The quantitative estimate of drug-likeness (QED) is 0.317. The summed E-state index contributed by atoms with van der Waals surface area (Å²) in [4.78, 5) is 10.9. The molecule has 5 nitrogen and oxygen atoms in total. The van der Waals surface area contributed by atoms with Crippen molar-refractivity contribution in [2.45, 2.75) is 6.61 Å². The first-order valence-corrected chi connectivity index (χ1v) is 9.51. The Balaban J connectivity index is 1.34. The van der Waals surface area contributed by atoms with Crippen LogP contribution < -0.4 is 10.2 Å². The fourth-order valence-electron chi connectivity index (χ4n) is 3.10. The highest BCUT2D eigenvalue weighted by molar-refractivity contribution is 5.88. The van der Waals surface area contributed by atoms with Gasteiger partial charge in [-0.1, -0.05) is 42.5 Å². The molecule has 4 rings (SSSR count). The molecule has 4 aromatic rings. The Kier molecular flexibility index (Phi) is 5.71. The van der Waals surface area contributed by atoms with E-state index in [4.69, 9.17) is 9.84 Å². The monoisotopic (exact) mass is 396 g/mol. The summed E-state index contributed by atoms with van der Waals surface area (Å²) in [5.41, 5.74) is 5.90. The summed E-state index contributed by atoms with van der Waals surface area (Å²) in [6, 6.07) is 28.6. The van der Waals surface area contributed by atoms with Crippen LogP contribution in [0.5, 0.6) is 5.75 Å². The first-order chi connectivity index (χ1) is 14.7. The molecule has 4 aromatic carbocycles. The predicted molar refractivity (Wildman–Crippen MR) is 119 cm³/mol. The highest BCUT2D eigenvalue weighted by Gasteiger charge is 2.02. The average molecular weight is 396 g/mol. The number of hydrogen-bond acceptors (Lipinski definition) is 4. The number of hydrogen-bond donors (Lipinski definition) is 2. The molecule has 0 amide bonds. The summed E-state index contributed by atoms with van der Waals surface area (Å²) < 4.78 is 5.95. The van der Waals surface area contributed by atoms with Crippen molar-refractivity contribution in [3.8, 4) is 5.75 Å². The maximum absolute atomic E-state index is 10.9. The Morgan fingerprint density at radius 3 is 2.40 bits per heavy atom. The van der Waals surface area contributed by atoms with E-state index < -0.39 is 5.97 Å². The largest absolute Gasteiger partial charge is 0.489 e. The van der Waals surface area contributed by atoms with Crippen LogP contribution in [0.1, 0.15) is 21.5 Å². The fourth-order valence-corrected chi connectivity index (χ4v) is 3.10. The van der Waals surface area contributed by atoms with Gasteiger partial charge in [-0.3, -0.25) is 5.43 Å². The molecule has 2 N–H and O–H groups in total. The molecular weight excluding hydrogens is 376 g/mol. The number of carboxylic acid groups (broad SMARTS) is 1. The number of nitrogens with one attached hydrogen (secondary N) is 1. The van der Waals surface area contributed by atoms with Crippen molar-refractivity contribution in [3.05, 3.63) is 108 Å². The van der Waals surface area contributed by atoms with E-state index in [-0.39, 0.29) is 5.56 Å². The molecule has 0 unspecified atom stereocenters. The fraction of sp³-hybridized carbons (Fsp3) is 0.0400. The number of anilines is 1. The minimum Gasteiger partial charge on any atom is -0.489 e. The van der Waals surface area contributed by atoms with Gasteiger partial charge in [-0.2, -0.15) is 5.10 Å². The molecule has 0 saturated heterocycles. The number of rotatable bonds is 7. The molecule has 0 atom stereocenters. The lowest BCUT2D eigenvalue weighted by atomic mass is 10.1.